The fourth-order valence-corrected chi connectivity index (χ4v) is 3.48. The maximum Gasteiger partial charge on any atom is 0.337 e. The number of hydrogen-bond acceptors (Lipinski definition) is 5. The highest BCUT2D eigenvalue weighted by Gasteiger charge is 2.24. The van der Waals surface area contributed by atoms with Crippen LogP contribution in [0, 0.1) is 0 Å². The Morgan fingerprint density at radius 2 is 1.95 bits per heavy atom. The summed E-state index contributed by atoms with van der Waals surface area (Å²) < 4.78 is 29.1. The zero-order valence-corrected chi connectivity index (χ0v) is 12.6. The van der Waals surface area contributed by atoms with Crippen molar-refractivity contribution < 1.29 is 17.9 Å². The number of carbonyl (C=O) groups is 1. The van der Waals surface area contributed by atoms with Gasteiger partial charge in [0.25, 0.3) is 0 Å². The summed E-state index contributed by atoms with van der Waals surface area (Å²) in [6.45, 7) is 3.25. The van der Waals surface area contributed by atoms with Crippen LogP contribution in [-0.2, 0) is 14.6 Å². The van der Waals surface area contributed by atoms with Crippen molar-refractivity contribution >= 4 is 21.5 Å². The Balaban J connectivity index is 2.54. The van der Waals surface area contributed by atoms with Crippen LogP contribution in [0.25, 0.3) is 0 Å². The summed E-state index contributed by atoms with van der Waals surface area (Å²) >= 11 is 0. The number of methoxy groups -OCH3 is 1. The first-order valence-electron chi connectivity index (χ1n) is 6.69. The highest BCUT2D eigenvalue weighted by atomic mass is 32.2. The molecule has 110 valence electrons. The van der Waals surface area contributed by atoms with E-state index in [2.05, 4.69) is 0 Å². The highest BCUT2D eigenvalue weighted by molar-refractivity contribution is 7.91. The molecule has 0 aromatic heterocycles. The molecule has 0 unspecified atom stereocenters. The number of ether oxygens (including phenoxy) is 1. The molecule has 6 heteroatoms. The Morgan fingerprint density at radius 1 is 1.30 bits per heavy atom. The zero-order chi connectivity index (χ0) is 14.8. The molecule has 1 aromatic rings. The van der Waals surface area contributed by atoms with Crippen molar-refractivity contribution in [3.8, 4) is 0 Å². The summed E-state index contributed by atoms with van der Waals surface area (Å²) in [4.78, 5) is 13.9. The topological polar surface area (TPSA) is 63.7 Å². The van der Waals surface area contributed by atoms with Gasteiger partial charge in [-0.05, 0) is 31.0 Å². The highest BCUT2D eigenvalue weighted by Crippen LogP contribution is 2.30. The smallest absolute Gasteiger partial charge is 0.337 e. The van der Waals surface area contributed by atoms with Crippen molar-refractivity contribution in [1.29, 1.82) is 0 Å². The summed E-state index contributed by atoms with van der Waals surface area (Å²) in [6, 6.07) is 4.65. The van der Waals surface area contributed by atoms with Crippen molar-refractivity contribution in [2.75, 3.05) is 30.9 Å². The molecule has 1 aliphatic heterocycles. The van der Waals surface area contributed by atoms with Crippen LogP contribution in [-0.4, -0.2) is 40.3 Å². The lowest BCUT2D eigenvalue weighted by Crippen LogP contribution is -2.21. The first kappa shape index (κ1) is 14.8. The molecular formula is C14H19NO4S. The molecule has 1 saturated heterocycles. The summed E-state index contributed by atoms with van der Waals surface area (Å²) in [7, 11) is -2.00. The minimum atomic E-state index is -3.31. The lowest BCUT2D eigenvalue weighted by Gasteiger charge is -2.21. The number of anilines is 1. The largest absolute Gasteiger partial charge is 0.465 e. The molecule has 0 amide bonds. The Labute approximate surface area is 119 Å². The molecule has 1 aliphatic rings. The lowest BCUT2D eigenvalue weighted by molar-refractivity contribution is 0.0600. The number of benzene rings is 1. The van der Waals surface area contributed by atoms with E-state index in [0.717, 1.165) is 25.9 Å². The number of rotatable bonds is 4. The van der Waals surface area contributed by atoms with Gasteiger partial charge in [-0.2, -0.15) is 0 Å². The number of nitrogens with zero attached hydrogens (tertiary/aromatic N) is 1. The average Bonchev–Trinajstić information content (AvgIpc) is 2.99. The fourth-order valence-electron chi connectivity index (χ4n) is 2.39. The van der Waals surface area contributed by atoms with Crippen LogP contribution in [0.5, 0.6) is 0 Å². The van der Waals surface area contributed by atoms with Crippen molar-refractivity contribution in [3.63, 3.8) is 0 Å². The van der Waals surface area contributed by atoms with E-state index >= 15 is 0 Å². The SMILES string of the molecule is CCS(=O)(=O)c1ccc(C(=O)OC)cc1N1CCCC1. The molecule has 0 bridgehead atoms. The predicted octanol–water partition coefficient (Wildman–Crippen LogP) is 1.87. The van der Waals surface area contributed by atoms with E-state index in [1.807, 2.05) is 4.90 Å². The molecule has 5 nitrogen and oxygen atoms in total. The number of sulfone groups is 1. The van der Waals surface area contributed by atoms with Crippen LogP contribution in [0.15, 0.2) is 23.1 Å². The van der Waals surface area contributed by atoms with Crippen molar-refractivity contribution in [2.45, 2.75) is 24.7 Å². The quantitative estimate of drug-likeness (QED) is 0.794. The van der Waals surface area contributed by atoms with Gasteiger partial charge < -0.3 is 9.64 Å². The number of carbonyl (C=O) groups excluding carboxylic acids is 1. The lowest BCUT2D eigenvalue weighted by atomic mass is 10.2. The van der Waals surface area contributed by atoms with Crippen molar-refractivity contribution in [3.05, 3.63) is 23.8 Å². The molecule has 1 heterocycles. The molecule has 20 heavy (non-hydrogen) atoms. The second-order valence-corrected chi connectivity index (χ2v) is 7.02. The third-order valence-electron chi connectivity index (χ3n) is 3.54. The second kappa shape index (κ2) is 5.83. The minimum Gasteiger partial charge on any atom is -0.465 e. The maximum atomic E-state index is 12.2. The summed E-state index contributed by atoms with van der Waals surface area (Å²) in [5, 5.41) is 0. The monoisotopic (exact) mass is 297 g/mol. The van der Waals surface area contributed by atoms with Crippen LogP contribution >= 0.6 is 0 Å². The third-order valence-corrected chi connectivity index (χ3v) is 5.32. The Hall–Kier alpha value is -1.56. The third kappa shape index (κ3) is 2.80. The first-order valence-corrected chi connectivity index (χ1v) is 8.35. The predicted molar refractivity (Wildman–Crippen MR) is 77.0 cm³/mol. The minimum absolute atomic E-state index is 0.0470. The van der Waals surface area contributed by atoms with E-state index in [9.17, 15) is 13.2 Å². The zero-order valence-electron chi connectivity index (χ0n) is 11.8. The van der Waals surface area contributed by atoms with Crippen LogP contribution < -0.4 is 4.90 Å². The maximum absolute atomic E-state index is 12.2. The fraction of sp³-hybridized carbons (Fsp3) is 0.500. The molecular weight excluding hydrogens is 278 g/mol. The van der Waals surface area contributed by atoms with E-state index in [4.69, 9.17) is 4.74 Å². The Morgan fingerprint density at radius 3 is 2.50 bits per heavy atom. The summed E-state index contributed by atoms with van der Waals surface area (Å²) in [6.07, 6.45) is 2.07. The molecule has 0 atom stereocenters. The normalized spacial score (nSPS) is 15.4. The average molecular weight is 297 g/mol. The molecule has 0 radical (unpaired) electrons. The van der Waals surface area contributed by atoms with Crippen molar-refractivity contribution in [2.24, 2.45) is 0 Å². The Kier molecular flexibility index (Phi) is 4.32. The van der Waals surface area contributed by atoms with Crippen molar-refractivity contribution in [1.82, 2.24) is 0 Å². The summed E-state index contributed by atoms with van der Waals surface area (Å²) in [5.41, 5.74) is 0.997. The van der Waals surface area contributed by atoms with Crippen LogP contribution in [0.4, 0.5) is 5.69 Å². The molecule has 2 rings (SSSR count). The van der Waals surface area contributed by atoms with E-state index in [-0.39, 0.29) is 5.75 Å². The van der Waals surface area contributed by atoms with Crippen LogP contribution in [0.2, 0.25) is 0 Å². The molecule has 1 fully saturated rings. The Bertz CT molecular complexity index is 604. The second-order valence-electron chi connectivity index (χ2n) is 4.77. The summed E-state index contributed by atoms with van der Waals surface area (Å²) in [5.74, 6) is -0.406. The van der Waals surface area contributed by atoms with Gasteiger partial charge in [0.1, 0.15) is 0 Å². The molecule has 0 aliphatic carbocycles. The standard InChI is InChI=1S/C14H19NO4S/c1-3-20(17,18)13-7-6-11(14(16)19-2)10-12(13)15-8-4-5-9-15/h6-7,10H,3-5,8-9H2,1-2H3. The first-order chi connectivity index (χ1) is 9.49. The van der Waals surface area contributed by atoms with Gasteiger partial charge in [0.05, 0.1) is 29.0 Å². The molecule has 0 spiro atoms. The molecule has 1 aromatic carbocycles. The van der Waals surface area contributed by atoms with Gasteiger partial charge in [0.15, 0.2) is 9.84 Å². The molecule has 0 saturated carbocycles. The molecule has 0 N–H and O–H groups in total. The van der Waals surface area contributed by atoms with Gasteiger partial charge in [-0.25, -0.2) is 13.2 Å². The van der Waals surface area contributed by atoms with Crippen LogP contribution in [0.1, 0.15) is 30.1 Å². The van der Waals surface area contributed by atoms with E-state index in [1.165, 1.54) is 19.2 Å². The van der Waals surface area contributed by atoms with E-state index in [1.54, 1.807) is 13.0 Å². The van der Waals surface area contributed by atoms with Gasteiger partial charge in [-0.3, -0.25) is 0 Å². The van der Waals surface area contributed by atoms with Gasteiger partial charge in [-0.1, -0.05) is 6.92 Å². The number of esters is 1. The number of hydrogen-bond donors (Lipinski definition) is 0. The van der Waals surface area contributed by atoms with Gasteiger partial charge in [-0.15, -0.1) is 0 Å². The van der Waals surface area contributed by atoms with E-state index in [0.29, 0.717) is 16.1 Å². The van der Waals surface area contributed by atoms with Crippen LogP contribution in [0.3, 0.4) is 0 Å². The van der Waals surface area contributed by atoms with E-state index < -0.39 is 15.8 Å². The van der Waals surface area contributed by atoms with Gasteiger partial charge >= 0.3 is 5.97 Å². The van der Waals surface area contributed by atoms with Gasteiger partial charge in [0.2, 0.25) is 0 Å². The van der Waals surface area contributed by atoms with Gasteiger partial charge in [0, 0.05) is 13.1 Å².